The lowest BCUT2D eigenvalue weighted by molar-refractivity contribution is 0.0697. The fourth-order valence-electron chi connectivity index (χ4n) is 1.98. The standard InChI is InChI=1S/C15H16N2O2/c1-17(10-11-5-3-2-4-6-11)14-8-7-12(15(18)19)9-13(14)16/h2-9H,10,16H2,1H3,(H,18,19). The number of carboxylic acids is 1. The first-order valence-corrected chi connectivity index (χ1v) is 5.96. The third kappa shape index (κ3) is 3.04. The minimum absolute atomic E-state index is 0.203. The highest BCUT2D eigenvalue weighted by atomic mass is 16.4. The Labute approximate surface area is 112 Å². The van der Waals surface area contributed by atoms with Crippen molar-refractivity contribution in [2.75, 3.05) is 17.7 Å². The van der Waals surface area contributed by atoms with E-state index in [2.05, 4.69) is 0 Å². The maximum atomic E-state index is 10.9. The number of carbonyl (C=O) groups is 1. The highest BCUT2D eigenvalue weighted by Crippen LogP contribution is 2.24. The number of carboxylic acid groups (broad SMARTS) is 1. The highest BCUT2D eigenvalue weighted by molar-refractivity contribution is 5.90. The molecular weight excluding hydrogens is 240 g/mol. The average Bonchev–Trinajstić information content (AvgIpc) is 2.39. The molecule has 0 aliphatic heterocycles. The summed E-state index contributed by atoms with van der Waals surface area (Å²) in [5, 5.41) is 8.90. The molecule has 2 rings (SSSR count). The highest BCUT2D eigenvalue weighted by Gasteiger charge is 2.09. The molecule has 0 bridgehead atoms. The normalized spacial score (nSPS) is 10.2. The first kappa shape index (κ1) is 13.0. The minimum Gasteiger partial charge on any atom is -0.478 e. The van der Waals surface area contributed by atoms with Gasteiger partial charge >= 0.3 is 5.97 Å². The van der Waals surface area contributed by atoms with Gasteiger partial charge in [0.25, 0.3) is 0 Å². The lowest BCUT2D eigenvalue weighted by Crippen LogP contribution is -2.18. The summed E-state index contributed by atoms with van der Waals surface area (Å²) in [6, 6.07) is 14.8. The van der Waals surface area contributed by atoms with Crippen LogP contribution in [0.15, 0.2) is 48.5 Å². The van der Waals surface area contributed by atoms with Crippen LogP contribution in [0.4, 0.5) is 11.4 Å². The second-order valence-electron chi connectivity index (χ2n) is 4.42. The van der Waals surface area contributed by atoms with Gasteiger partial charge in [-0.2, -0.15) is 0 Å². The molecule has 0 atom stereocenters. The van der Waals surface area contributed by atoms with E-state index in [-0.39, 0.29) is 5.56 Å². The van der Waals surface area contributed by atoms with E-state index in [9.17, 15) is 4.79 Å². The Morgan fingerprint density at radius 2 is 1.89 bits per heavy atom. The van der Waals surface area contributed by atoms with Crippen molar-refractivity contribution >= 4 is 17.3 Å². The van der Waals surface area contributed by atoms with Gasteiger partial charge in [0, 0.05) is 13.6 Å². The molecule has 0 saturated heterocycles. The van der Waals surface area contributed by atoms with Crippen LogP contribution in [-0.2, 0) is 6.54 Å². The summed E-state index contributed by atoms with van der Waals surface area (Å²) >= 11 is 0. The molecule has 2 aromatic carbocycles. The summed E-state index contributed by atoms with van der Waals surface area (Å²) in [6.45, 7) is 0.720. The molecule has 0 radical (unpaired) electrons. The van der Waals surface area contributed by atoms with Crippen LogP contribution in [0.25, 0.3) is 0 Å². The molecule has 0 fully saturated rings. The number of aromatic carboxylic acids is 1. The van der Waals surface area contributed by atoms with Gasteiger partial charge in [-0.15, -0.1) is 0 Å². The smallest absolute Gasteiger partial charge is 0.335 e. The number of nitrogens with two attached hydrogens (primary N) is 1. The number of benzene rings is 2. The van der Waals surface area contributed by atoms with Crippen LogP contribution in [0.3, 0.4) is 0 Å². The third-order valence-electron chi connectivity index (χ3n) is 2.95. The maximum absolute atomic E-state index is 10.9. The minimum atomic E-state index is -0.969. The molecular formula is C15H16N2O2. The predicted molar refractivity (Wildman–Crippen MR) is 76.4 cm³/mol. The lowest BCUT2D eigenvalue weighted by Gasteiger charge is -2.21. The Balaban J connectivity index is 2.20. The zero-order chi connectivity index (χ0) is 13.8. The summed E-state index contributed by atoms with van der Waals surface area (Å²) in [6.07, 6.45) is 0. The Morgan fingerprint density at radius 3 is 2.47 bits per heavy atom. The van der Waals surface area contributed by atoms with Gasteiger partial charge in [0.1, 0.15) is 0 Å². The van der Waals surface area contributed by atoms with Crippen molar-refractivity contribution in [1.29, 1.82) is 0 Å². The van der Waals surface area contributed by atoms with Crippen LogP contribution in [0.5, 0.6) is 0 Å². The molecule has 4 heteroatoms. The molecule has 2 aromatic rings. The van der Waals surface area contributed by atoms with E-state index >= 15 is 0 Å². The van der Waals surface area contributed by atoms with E-state index in [1.54, 1.807) is 12.1 Å². The average molecular weight is 256 g/mol. The first-order valence-electron chi connectivity index (χ1n) is 5.96. The summed E-state index contributed by atoms with van der Waals surface area (Å²) in [4.78, 5) is 12.9. The van der Waals surface area contributed by atoms with Crippen molar-refractivity contribution in [3.05, 3.63) is 59.7 Å². The van der Waals surface area contributed by atoms with E-state index in [0.717, 1.165) is 12.2 Å². The largest absolute Gasteiger partial charge is 0.478 e. The topological polar surface area (TPSA) is 66.6 Å². The molecule has 19 heavy (non-hydrogen) atoms. The quantitative estimate of drug-likeness (QED) is 0.825. The molecule has 98 valence electrons. The molecule has 3 N–H and O–H groups in total. The zero-order valence-corrected chi connectivity index (χ0v) is 10.7. The van der Waals surface area contributed by atoms with Gasteiger partial charge in [-0.1, -0.05) is 30.3 Å². The zero-order valence-electron chi connectivity index (χ0n) is 10.7. The van der Waals surface area contributed by atoms with Gasteiger partial charge in [0.05, 0.1) is 16.9 Å². The Morgan fingerprint density at radius 1 is 1.21 bits per heavy atom. The lowest BCUT2D eigenvalue weighted by atomic mass is 10.1. The van der Waals surface area contributed by atoms with E-state index in [1.165, 1.54) is 11.6 Å². The van der Waals surface area contributed by atoms with E-state index in [4.69, 9.17) is 10.8 Å². The fourth-order valence-corrected chi connectivity index (χ4v) is 1.98. The van der Waals surface area contributed by atoms with Crippen LogP contribution < -0.4 is 10.6 Å². The van der Waals surface area contributed by atoms with Gasteiger partial charge in [0.15, 0.2) is 0 Å². The number of nitrogen functional groups attached to an aromatic ring is 1. The Kier molecular flexibility index (Phi) is 3.71. The van der Waals surface area contributed by atoms with Crippen LogP contribution >= 0.6 is 0 Å². The van der Waals surface area contributed by atoms with Gasteiger partial charge in [-0.25, -0.2) is 4.79 Å². The van der Waals surface area contributed by atoms with Gasteiger partial charge in [0.2, 0.25) is 0 Å². The second kappa shape index (κ2) is 5.44. The number of hydrogen-bond donors (Lipinski definition) is 2. The summed E-state index contributed by atoms with van der Waals surface area (Å²) < 4.78 is 0. The van der Waals surface area contributed by atoms with Crippen molar-refractivity contribution in [2.24, 2.45) is 0 Å². The molecule has 0 unspecified atom stereocenters. The molecule has 0 heterocycles. The van der Waals surface area contributed by atoms with Crippen molar-refractivity contribution < 1.29 is 9.90 Å². The number of anilines is 2. The molecule has 0 spiro atoms. The summed E-state index contributed by atoms with van der Waals surface area (Å²) in [5.74, 6) is -0.969. The Bertz CT molecular complexity index is 582. The monoisotopic (exact) mass is 256 g/mol. The van der Waals surface area contributed by atoms with Crippen molar-refractivity contribution in [3.8, 4) is 0 Å². The molecule has 0 aliphatic carbocycles. The maximum Gasteiger partial charge on any atom is 0.335 e. The van der Waals surface area contributed by atoms with Crippen molar-refractivity contribution in [2.45, 2.75) is 6.54 Å². The summed E-state index contributed by atoms with van der Waals surface area (Å²) in [5.41, 5.74) is 8.58. The molecule has 0 aliphatic rings. The van der Waals surface area contributed by atoms with Gasteiger partial charge in [-0.05, 0) is 23.8 Å². The summed E-state index contributed by atoms with van der Waals surface area (Å²) in [7, 11) is 1.93. The van der Waals surface area contributed by atoms with Gasteiger partial charge in [-0.3, -0.25) is 0 Å². The number of rotatable bonds is 4. The van der Waals surface area contributed by atoms with Crippen LogP contribution in [0.1, 0.15) is 15.9 Å². The van der Waals surface area contributed by atoms with Crippen LogP contribution in [0, 0.1) is 0 Å². The predicted octanol–water partition coefficient (Wildman–Crippen LogP) is 2.60. The van der Waals surface area contributed by atoms with E-state index in [0.29, 0.717) is 5.69 Å². The van der Waals surface area contributed by atoms with E-state index in [1.807, 2.05) is 42.3 Å². The van der Waals surface area contributed by atoms with Gasteiger partial charge < -0.3 is 15.7 Å². The van der Waals surface area contributed by atoms with E-state index < -0.39 is 5.97 Å². The second-order valence-corrected chi connectivity index (χ2v) is 4.42. The molecule has 0 saturated carbocycles. The number of hydrogen-bond acceptors (Lipinski definition) is 3. The molecule has 0 aromatic heterocycles. The van der Waals surface area contributed by atoms with Crippen molar-refractivity contribution in [3.63, 3.8) is 0 Å². The Hall–Kier alpha value is -2.49. The first-order chi connectivity index (χ1) is 9.08. The van der Waals surface area contributed by atoms with Crippen molar-refractivity contribution in [1.82, 2.24) is 0 Å². The third-order valence-corrected chi connectivity index (χ3v) is 2.95. The SMILES string of the molecule is CN(Cc1ccccc1)c1ccc(C(=O)O)cc1N. The number of nitrogens with zero attached hydrogens (tertiary/aromatic N) is 1. The van der Waals surface area contributed by atoms with Crippen LogP contribution in [0.2, 0.25) is 0 Å². The van der Waals surface area contributed by atoms with Crippen LogP contribution in [-0.4, -0.2) is 18.1 Å². The molecule has 0 amide bonds. The molecule has 4 nitrogen and oxygen atoms in total. The fraction of sp³-hybridized carbons (Fsp3) is 0.133.